The average Bonchev–Trinajstić information content (AvgIpc) is 3.42. The van der Waals surface area contributed by atoms with Gasteiger partial charge in [0, 0.05) is 60.4 Å². The minimum Gasteiger partial charge on any atom is -0.385 e. The van der Waals surface area contributed by atoms with Crippen molar-refractivity contribution >= 4 is 66.7 Å². The van der Waals surface area contributed by atoms with Crippen LogP contribution in [0.25, 0.3) is 43.1 Å². The molecule has 0 saturated carbocycles. The predicted molar refractivity (Wildman–Crippen MR) is 285 cm³/mol. The van der Waals surface area contributed by atoms with Crippen LogP contribution >= 0.6 is 0 Å². The molecule has 4 amide bonds. The molecule has 0 fully saturated rings. The fourth-order valence-electron chi connectivity index (χ4n) is 9.56. The van der Waals surface area contributed by atoms with E-state index in [0.29, 0.717) is 106 Å². The summed E-state index contributed by atoms with van der Waals surface area (Å²) in [7, 11) is 3.24. The zero-order valence-electron chi connectivity index (χ0n) is 45.7. The van der Waals surface area contributed by atoms with Crippen molar-refractivity contribution < 1.29 is 71.3 Å². The molecule has 7 rings (SSSR count). The third-order valence-corrected chi connectivity index (χ3v) is 13.6. The number of amides is 4. The van der Waals surface area contributed by atoms with E-state index < -0.39 is 17.9 Å². The molecule has 0 aromatic heterocycles. The number of rotatable bonds is 34. The van der Waals surface area contributed by atoms with E-state index >= 15 is 0 Å². The van der Waals surface area contributed by atoms with Gasteiger partial charge in [0.1, 0.15) is 0 Å². The molecule has 2 aliphatic rings. The van der Waals surface area contributed by atoms with Gasteiger partial charge in [-0.05, 0) is 125 Å². The highest BCUT2D eigenvalue weighted by atomic mass is 16.6. The lowest BCUT2D eigenvalue weighted by atomic mass is 9.82. The molecule has 410 valence electrons. The van der Waals surface area contributed by atoms with Gasteiger partial charge in [0.2, 0.25) is 0 Å². The Bertz CT molecular complexity index is 2610. The first-order valence-electron chi connectivity index (χ1n) is 26.5. The van der Waals surface area contributed by atoms with Crippen LogP contribution in [0.1, 0.15) is 110 Å². The number of methoxy groups -OCH3 is 2. The van der Waals surface area contributed by atoms with Crippen LogP contribution in [0.4, 0.5) is 0 Å². The third kappa shape index (κ3) is 13.9. The van der Waals surface area contributed by atoms with Gasteiger partial charge in [-0.2, -0.15) is 0 Å². The molecule has 9 unspecified atom stereocenters. The lowest BCUT2D eigenvalue weighted by Crippen LogP contribution is -2.48. The lowest BCUT2D eigenvalue weighted by molar-refractivity contribution is -0.110. The van der Waals surface area contributed by atoms with E-state index in [1.807, 2.05) is 79.7 Å². The van der Waals surface area contributed by atoms with Gasteiger partial charge in [-0.15, -0.1) is 0 Å². The van der Waals surface area contributed by atoms with Gasteiger partial charge in [-0.3, -0.25) is 29.0 Å². The standard InChI is InChI=1S/C58H78N2O15/c1-34(25-68-36(3)27-70-38(5)29-72-40(7)31-74-42(9)33-75-41(8)32-73-39(6)30-71-37(4)28-69-35(2)26-67-24-23-66-11)60-57(63)49-19-15-45-43-13-17-47-53-48(56(62)59(55(47)61)21-12-22-65-10)18-14-44(51(43)53)46-16-20-50(58(60)64)54(49)52(45)46/h13-20,34-42H,12,21-33H2,1-11H3. The Morgan fingerprint density at radius 3 is 1.00 bits per heavy atom. The minimum absolute atomic E-state index is 0.0324. The van der Waals surface area contributed by atoms with Crippen molar-refractivity contribution in [2.45, 2.75) is 124 Å². The molecular formula is C58H78N2O15. The van der Waals surface area contributed by atoms with Crippen LogP contribution in [0.2, 0.25) is 0 Å². The second-order valence-electron chi connectivity index (χ2n) is 20.3. The van der Waals surface area contributed by atoms with Crippen molar-refractivity contribution in [3.05, 3.63) is 70.8 Å². The highest BCUT2D eigenvalue weighted by molar-refractivity contribution is 6.41. The largest absolute Gasteiger partial charge is 0.385 e. The molecule has 0 aliphatic carbocycles. The van der Waals surface area contributed by atoms with Crippen LogP contribution in [0.15, 0.2) is 48.5 Å². The molecule has 0 bridgehead atoms. The first-order chi connectivity index (χ1) is 36.0. The Balaban J connectivity index is 0.819. The van der Waals surface area contributed by atoms with Gasteiger partial charge in [0.05, 0.1) is 128 Å². The van der Waals surface area contributed by atoms with E-state index in [9.17, 15) is 19.2 Å². The number of hydrogen-bond donors (Lipinski definition) is 0. The molecule has 17 heteroatoms. The Morgan fingerprint density at radius 2 is 0.667 bits per heavy atom. The molecule has 0 saturated heterocycles. The molecule has 0 N–H and O–H groups in total. The van der Waals surface area contributed by atoms with E-state index in [1.165, 1.54) is 9.80 Å². The summed E-state index contributed by atoms with van der Waals surface area (Å²) in [6.07, 6.45) is -0.685. The monoisotopic (exact) mass is 1040 g/mol. The zero-order valence-corrected chi connectivity index (χ0v) is 45.7. The maximum atomic E-state index is 14.3. The normalized spacial score (nSPS) is 17.6. The Kier molecular flexibility index (Phi) is 20.9. The van der Waals surface area contributed by atoms with Gasteiger partial charge in [-0.1, -0.05) is 24.3 Å². The molecule has 75 heavy (non-hydrogen) atoms. The average molecular weight is 1040 g/mol. The van der Waals surface area contributed by atoms with Crippen LogP contribution in [-0.4, -0.2) is 188 Å². The van der Waals surface area contributed by atoms with Crippen LogP contribution in [-0.2, 0) is 52.1 Å². The SMILES string of the molecule is COCCCN1C(=O)c2ccc3c4ccc5c6c(ccc(c7ccc(c2c37)C1=O)c64)C(=O)N(C(C)COC(C)COC(C)COC(C)COC(C)COC(C)COC(C)COC(C)COC(C)COCCOC)C5=O. The Hall–Kier alpha value is -4.76. The molecule has 2 aliphatic heterocycles. The van der Waals surface area contributed by atoms with E-state index in [4.69, 9.17) is 52.1 Å². The zero-order chi connectivity index (χ0) is 53.9. The highest BCUT2D eigenvalue weighted by Gasteiger charge is 2.38. The number of hydrogen-bond acceptors (Lipinski definition) is 15. The van der Waals surface area contributed by atoms with E-state index in [0.717, 1.165) is 32.3 Å². The fourth-order valence-corrected chi connectivity index (χ4v) is 9.56. The fraction of sp³-hybridized carbons (Fsp3) is 0.586. The molecule has 5 aromatic rings. The molecule has 17 nitrogen and oxygen atoms in total. The van der Waals surface area contributed by atoms with Crippen LogP contribution < -0.4 is 0 Å². The van der Waals surface area contributed by atoms with Crippen molar-refractivity contribution in [1.29, 1.82) is 0 Å². The van der Waals surface area contributed by atoms with Crippen LogP contribution in [0.5, 0.6) is 0 Å². The molecule has 0 radical (unpaired) electrons. The first kappa shape index (κ1) is 57.9. The summed E-state index contributed by atoms with van der Waals surface area (Å²) in [5, 5.41) is 6.19. The predicted octanol–water partition coefficient (Wildman–Crippen LogP) is 8.26. The number of carbonyl (C=O) groups is 4. The topological polar surface area (TPSA) is 176 Å². The van der Waals surface area contributed by atoms with Gasteiger partial charge < -0.3 is 52.1 Å². The number of carbonyl (C=O) groups excluding carboxylic acids is 4. The Morgan fingerprint density at radius 1 is 0.360 bits per heavy atom. The molecule has 9 atom stereocenters. The number of fused-ring (bicyclic) bond motifs is 2. The maximum absolute atomic E-state index is 14.3. The van der Waals surface area contributed by atoms with Crippen molar-refractivity contribution in [3.63, 3.8) is 0 Å². The van der Waals surface area contributed by atoms with Crippen LogP contribution in [0.3, 0.4) is 0 Å². The molecule has 2 heterocycles. The van der Waals surface area contributed by atoms with Crippen molar-refractivity contribution in [2.75, 3.05) is 100 Å². The summed E-state index contributed by atoms with van der Waals surface area (Å²) < 4.78 is 63.6. The molecule has 0 spiro atoms. The second-order valence-corrected chi connectivity index (χ2v) is 20.3. The summed E-state index contributed by atoms with van der Waals surface area (Å²) in [6.45, 7) is 22.6. The summed E-state index contributed by atoms with van der Waals surface area (Å²) in [5.74, 6) is -1.45. The lowest BCUT2D eigenvalue weighted by Gasteiger charge is -2.33. The summed E-state index contributed by atoms with van der Waals surface area (Å²) in [6, 6.07) is 14.2. The highest BCUT2D eigenvalue weighted by Crippen LogP contribution is 2.46. The number of nitrogens with zero attached hydrogens (tertiary/aromatic N) is 2. The smallest absolute Gasteiger partial charge is 0.261 e. The van der Waals surface area contributed by atoms with Gasteiger partial charge in [0.15, 0.2) is 0 Å². The maximum Gasteiger partial charge on any atom is 0.261 e. The van der Waals surface area contributed by atoms with Crippen LogP contribution in [0, 0.1) is 0 Å². The van der Waals surface area contributed by atoms with Crippen molar-refractivity contribution in [1.82, 2.24) is 9.80 Å². The Labute approximate surface area is 440 Å². The quantitative estimate of drug-likeness (QED) is 0.0166. The van der Waals surface area contributed by atoms with E-state index in [-0.39, 0.29) is 80.4 Å². The van der Waals surface area contributed by atoms with Gasteiger partial charge in [-0.25, -0.2) is 0 Å². The molecule has 5 aromatic carbocycles. The third-order valence-electron chi connectivity index (χ3n) is 13.6. The first-order valence-corrected chi connectivity index (χ1v) is 26.5. The van der Waals surface area contributed by atoms with Crippen molar-refractivity contribution in [3.8, 4) is 0 Å². The van der Waals surface area contributed by atoms with E-state index in [1.54, 1.807) is 45.4 Å². The van der Waals surface area contributed by atoms with Gasteiger partial charge >= 0.3 is 0 Å². The van der Waals surface area contributed by atoms with Crippen molar-refractivity contribution in [2.24, 2.45) is 0 Å². The van der Waals surface area contributed by atoms with E-state index in [2.05, 4.69) is 0 Å². The minimum atomic E-state index is -0.572. The second kappa shape index (κ2) is 27.0. The number of ether oxygens (including phenoxy) is 11. The summed E-state index contributed by atoms with van der Waals surface area (Å²) in [4.78, 5) is 58.7. The summed E-state index contributed by atoms with van der Waals surface area (Å²) in [5.41, 5.74) is 1.80. The van der Waals surface area contributed by atoms with Gasteiger partial charge in [0.25, 0.3) is 23.6 Å². The summed E-state index contributed by atoms with van der Waals surface area (Å²) >= 11 is 0. The number of benzene rings is 5. The molecular weight excluding hydrogens is 965 g/mol. The number of imide groups is 2.